The second-order valence-corrected chi connectivity index (χ2v) is 6.92. The van der Waals surface area contributed by atoms with E-state index in [1.807, 2.05) is 26.0 Å². The van der Waals surface area contributed by atoms with Crippen LogP contribution in [0.4, 0.5) is 13.2 Å². The van der Waals surface area contributed by atoms with Gasteiger partial charge in [-0.3, -0.25) is 0 Å². The summed E-state index contributed by atoms with van der Waals surface area (Å²) in [7, 11) is 1.48. The number of hydrogen-bond acceptors (Lipinski definition) is 5. The maximum Gasteiger partial charge on any atom is 0.453 e. The van der Waals surface area contributed by atoms with Gasteiger partial charge in [-0.1, -0.05) is 23.8 Å². The van der Waals surface area contributed by atoms with Gasteiger partial charge in [0.05, 0.1) is 13.3 Å². The maximum atomic E-state index is 13.0. The molecule has 3 rings (SSSR count). The van der Waals surface area contributed by atoms with Crippen molar-refractivity contribution in [2.24, 2.45) is 5.10 Å². The summed E-state index contributed by atoms with van der Waals surface area (Å²) in [6.07, 6.45) is -3.45. The minimum absolute atomic E-state index is 0.265. The lowest BCUT2D eigenvalue weighted by Gasteiger charge is -2.13. The molecule has 0 atom stereocenters. The molecule has 0 radical (unpaired) electrons. The second kappa shape index (κ2) is 8.70. The molecule has 3 aromatic rings. The van der Waals surface area contributed by atoms with Crippen molar-refractivity contribution in [3.05, 3.63) is 69.2 Å². The molecule has 1 N–H and O–H groups in total. The van der Waals surface area contributed by atoms with E-state index in [-0.39, 0.29) is 4.77 Å². The number of aromatic nitrogens is 3. The van der Waals surface area contributed by atoms with Crippen LogP contribution < -0.4 is 9.47 Å². The molecule has 0 spiro atoms. The van der Waals surface area contributed by atoms with E-state index in [2.05, 4.69) is 21.4 Å². The van der Waals surface area contributed by atoms with Gasteiger partial charge in [-0.25, -0.2) is 5.10 Å². The Bertz CT molecular complexity index is 1140. The van der Waals surface area contributed by atoms with E-state index in [4.69, 9.17) is 21.7 Å². The Kier molecular flexibility index (Phi) is 6.25. The van der Waals surface area contributed by atoms with Gasteiger partial charge in [-0.2, -0.15) is 22.9 Å². The number of nitrogens with zero attached hydrogens (tertiary/aromatic N) is 3. The standard InChI is InChI=1S/C20H19F3N4O2S/c1-12-4-5-13(2)15(8-12)11-29-16-7-6-14(9-17(16)28-3)10-24-27-18(20(21,22)23)25-26-19(27)30/h4-10H,11H2,1-3H3,(H,26,30)/b24-10-. The fourth-order valence-corrected chi connectivity index (χ4v) is 2.88. The van der Waals surface area contributed by atoms with Crippen LogP contribution in [0.2, 0.25) is 0 Å². The number of H-pyrrole nitrogens is 1. The molecule has 0 saturated carbocycles. The van der Waals surface area contributed by atoms with E-state index in [0.29, 0.717) is 28.3 Å². The van der Waals surface area contributed by atoms with Gasteiger partial charge in [0.2, 0.25) is 4.77 Å². The molecular formula is C20H19F3N4O2S. The summed E-state index contributed by atoms with van der Waals surface area (Å²) in [5, 5.41) is 9.07. The van der Waals surface area contributed by atoms with Crippen molar-refractivity contribution in [3.63, 3.8) is 0 Å². The second-order valence-electron chi connectivity index (χ2n) is 6.54. The van der Waals surface area contributed by atoms with Crippen LogP contribution in [0, 0.1) is 18.6 Å². The van der Waals surface area contributed by atoms with E-state index < -0.39 is 12.0 Å². The molecule has 0 aliphatic rings. The minimum Gasteiger partial charge on any atom is -0.493 e. The third-order valence-electron chi connectivity index (χ3n) is 4.30. The summed E-state index contributed by atoms with van der Waals surface area (Å²) < 4.78 is 50.4. The Morgan fingerprint density at radius 2 is 1.93 bits per heavy atom. The zero-order valence-electron chi connectivity index (χ0n) is 16.4. The van der Waals surface area contributed by atoms with Crippen LogP contribution in [0.3, 0.4) is 0 Å². The van der Waals surface area contributed by atoms with Gasteiger partial charge in [0.1, 0.15) is 6.61 Å². The van der Waals surface area contributed by atoms with Gasteiger partial charge in [-0.05, 0) is 61.0 Å². The molecule has 1 aromatic heterocycles. The lowest BCUT2D eigenvalue weighted by molar-refractivity contribution is -0.147. The molecule has 1 heterocycles. The molecule has 0 aliphatic carbocycles. The summed E-state index contributed by atoms with van der Waals surface area (Å²) in [6.45, 7) is 4.37. The molecule has 0 amide bonds. The molecule has 0 aliphatic heterocycles. The third kappa shape index (κ3) is 4.88. The summed E-state index contributed by atoms with van der Waals surface area (Å²) in [4.78, 5) is 0. The zero-order chi connectivity index (χ0) is 21.9. The molecule has 30 heavy (non-hydrogen) atoms. The molecule has 6 nitrogen and oxygen atoms in total. The van der Waals surface area contributed by atoms with E-state index >= 15 is 0 Å². The van der Waals surface area contributed by atoms with Crippen molar-refractivity contribution in [2.75, 3.05) is 7.11 Å². The minimum atomic E-state index is -4.69. The number of ether oxygens (including phenoxy) is 2. The van der Waals surface area contributed by atoms with Gasteiger partial charge in [0, 0.05) is 0 Å². The molecular weight excluding hydrogens is 417 g/mol. The number of benzene rings is 2. The van der Waals surface area contributed by atoms with E-state index in [1.165, 1.54) is 13.3 Å². The Labute approximate surface area is 176 Å². The van der Waals surface area contributed by atoms with Crippen LogP contribution in [-0.4, -0.2) is 28.2 Å². The first-order valence-corrected chi connectivity index (χ1v) is 9.26. The molecule has 0 fully saturated rings. The van der Waals surface area contributed by atoms with E-state index in [0.717, 1.165) is 16.7 Å². The molecule has 158 valence electrons. The Morgan fingerprint density at radius 3 is 2.63 bits per heavy atom. The summed E-state index contributed by atoms with van der Waals surface area (Å²) >= 11 is 4.81. The number of halogens is 3. The lowest BCUT2D eigenvalue weighted by atomic mass is 10.1. The van der Waals surface area contributed by atoms with Gasteiger partial charge < -0.3 is 9.47 Å². The predicted molar refractivity (Wildman–Crippen MR) is 109 cm³/mol. The van der Waals surface area contributed by atoms with Crippen molar-refractivity contribution in [1.29, 1.82) is 0 Å². The number of aryl methyl sites for hydroxylation is 2. The molecule has 0 saturated heterocycles. The predicted octanol–water partition coefficient (Wildman–Crippen LogP) is 5.05. The van der Waals surface area contributed by atoms with Crippen molar-refractivity contribution >= 4 is 18.4 Å². The number of rotatable bonds is 6. The summed E-state index contributed by atoms with van der Waals surface area (Å²) in [6, 6.07) is 11.0. The Hall–Kier alpha value is -3.14. The van der Waals surface area contributed by atoms with Crippen molar-refractivity contribution in [3.8, 4) is 11.5 Å². The first kappa shape index (κ1) is 21.6. The highest BCUT2D eigenvalue weighted by atomic mass is 32.1. The highest BCUT2D eigenvalue weighted by molar-refractivity contribution is 7.71. The zero-order valence-corrected chi connectivity index (χ0v) is 17.3. The fourth-order valence-electron chi connectivity index (χ4n) is 2.70. The Morgan fingerprint density at radius 1 is 1.17 bits per heavy atom. The summed E-state index contributed by atoms with van der Waals surface area (Å²) in [5.74, 6) is -0.299. The van der Waals surface area contributed by atoms with Crippen molar-refractivity contribution in [2.45, 2.75) is 26.6 Å². The van der Waals surface area contributed by atoms with Gasteiger partial charge in [0.15, 0.2) is 11.5 Å². The normalized spacial score (nSPS) is 11.8. The first-order valence-electron chi connectivity index (χ1n) is 8.85. The van der Waals surface area contributed by atoms with Crippen LogP contribution >= 0.6 is 12.2 Å². The van der Waals surface area contributed by atoms with Gasteiger partial charge in [0.25, 0.3) is 5.82 Å². The van der Waals surface area contributed by atoms with Crippen LogP contribution in [0.25, 0.3) is 0 Å². The van der Waals surface area contributed by atoms with Gasteiger partial charge in [-0.15, -0.1) is 5.10 Å². The highest BCUT2D eigenvalue weighted by Crippen LogP contribution is 2.30. The van der Waals surface area contributed by atoms with E-state index in [1.54, 1.807) is 18.2 Å². The van der Waals surface area contributed by atoms with Crippen LogP contribution in [0.5, 0.6) is 11.5 Å². The monoisotopic (exact) mass is 436 g/mol. The largest absolute Gasteiger partial charge is 0.493 e. The van der Waals surface area contributed by atoms with Crippen LogP contribution in [0.15, 0.2) is 41.5 Å². The number of methoxy groups -OCH3 is 1. The van der Waals surface area contributed by atoms with Crippen molar-refractivity contribution in [1.82, 2.24) is 14.9 Å². The first-order chi connectivity index (χ1) is 14.2. The average Bonchev–Trinajstić information content (AvgIpc) is 3.08. The smallest absolute Gasteiger partial charge is 0.453 e. The van der Waals surface area contributed by atoms with Crippen molar-refractivity contribution < 1.29 is 22.6 Å². The Balaban J connectivity index is 1.81. The number of nitrogens with one attached hydrogen (secondary N) is 1. The highest BCUT2D eigenvalue weighted by Gasteiger charge is 2.37. The maximum absolute atomic E-state index is 13.0. The topological polar surface area (TPSA) is 64.4 Å². The number of aromatic amines is 1. The fraction of sp³-hybridized carbons (Fsp3) is 0.250. The van der Waals surface area contributed by atoms with Crippen LogP contribution in [0.1, 0.15) is 28.1 Å². The SMILES string of the molecule is COc1cc(/C=N\n2c(C(F)(F)F)n[nH]c2=S)ccc1OCc1cc(C)ccc1C. The number of hydrogen-bond donors (Lipinski definition) is 1. The quantitative estimate of drug-likeness (QED) is 0.434. The number of alkyl halides is 3. The average molecular weight is 436 g/mol. The van der Waals surface area contributed by atoms with Crippen LogP contribution in [-0.2, 0) is 12.8 Å². The lowest BCUT2D eigenvalue weighted by Crippen LogP contribution is -2.12. The molecule has 10 heteroatoms. The van der Waals surface area contributed by atoms with Gasteiger partial charge >= 0.3 is 6.18 Å². The summed E-state index contributed by atoms with van der Waals surface area (Å²) in [5.41, 5.74) is 3.80. The molecule has 0 bridgehead atoms. The third-order valence-corrected chi connectivity index (χ3v) is 4.57. The van der Waals surface area contributed by atoms with E-state index in [9.17, 15) is 13.2 Å². The molecule has 2 aromatic carbocycles. The molecule has 0 unspecified atom stereocenters.